The Bertz CT molecular complexity index is 868. The Morgan fingerprint density at radius 2 is 1.41 bits per heavy atom. The molecule has 0 aliphatic heterocycles. The summed E-state index contributed by atoms with van der Waals surface area (Å²) in [5.74, 6) is 0.100. The molecule has 2 aromatic carbocycles. The van der Waals surface area contributed by atoms with Gasteiger partial charge in [0.2, 0.25) is 0 Å². The molecule has 1 aliphatic carbocycles. The summed E-state index contributed by atoms with van der Waals surface area (Å²) in [7, 11) is -3.29. The highest BCUT2D eigenvalue weighted by Gasteiger charge is 2.32. The highest BCUT2D eigenvalue weighted by atomic mass is 28.4. The van der Waals surface area contributed by atoms with Crippen molar-refractivity contribution >= 4 is 22.7 Å². The second-order valence-corrected chi connectivity index (χ2v) is 18.9. The summed E-state index contributed by atoms with van der Waals surface area (Å²) in [5.41, 5.74) is 4.96. The van der Waals surface area contributed by atoms with Crippen LogP contribution < -0.4 is 5.32 Å². The maximum atomic E-state index is 12.3. The van der Waals surface area contributed by atoms with E-state index in [9.17, 15) is 4.79 Å². The first kappa shape index (κ1) is 24.7. The first-order valence-corrected chi connectivity index (χ1v) is 18.2. The van der Waals surface area contributed by atoms with Crippen molar-refractivity contribution in [1.82, 2.24) is 5.32 Å². The molecule has 1 N–H and O–H groups in total. The number of alkyl carbamates (subject to hydrolysis) is 1. The number of benzene rings is 2. The number of carbonyl (C=O) groups is 1. The van der Waals surface area contributed by atoms with Crippen LogP contribution in [0, 0.1) is 0 Å². The highest BCUT2D eigenvalue weighted by Crippen LogP contribution is 2.44. The molecule has 32 heavy (non-hydrogen) atoms. The molecule has 4 nitrogen and oxygen atoms in total. The normalized spacial score (nSPS) is 13.5. The van der Waals surface area contributed by atoms with Gasteiger partial charge in [0.05, 0.1) is 0 Å². The fourth-order valence-electron chi connectivity index (χ4n) is 4.81. The molecular formula is C26H39NO3Si2. The quantitative estimate of drug-likeness (QED) is 0.281. The van der Waals surface area contributed by atoms with Crippen molar-refractivity contribution in [2.24, 2.45) is 0 Å². The third kappa shape index (κ3) is 6.56. The van der Waals surface area contributed by atoms with E-state index in [4.69, 9.17) is 8.85 Å². The van der Waals surface area contributed by atoms with Crippen LogP contribution in [0.4, 0.5) is 4.79 Å². The first-order chi connectivity index (χ1) is 15.2. The van der Waals surface area contributed by atoms with Gasteiger partial charge in [-0.05, 0) is 67.0 Å². The minimum atomic E-state index is -1.71. The number of unbranched alkanes of at least 4 members (excludes halogenated alkanes) is 1. The number of rotatable bonds is 11. The van der Waals surface area contributed by atoms with Gasteiger partial charge >= 0.3 is 6.09 Å². The van der Waals surface area contributed by atoms with Crippen LogP contribution in [0.1, 0.15) is 43.2 Å². The lowest BCUT2D eigenvalue weighted by atomic mass is 9.98. The van der Waals surface area contributed by atoms with Crippen molar-refractivity contribution in [3.63, 3.8) is 0 Å². The van der Waals surface area contributed by atoms with Gasteiger partial charge < -0.3 is 14.2 Å². The highest BCUT2D eigenvalue weighted by molar-refractivity contribution is 6.84. The zero-order chi connectivity index (χ0) is 23.2. The molecule has 0 atom stereocenters. The SMILES string of the molecule is CCCC[Si](C)(C)O[Si](C)(C)CCCNC(=O)OCC1c2ccccc2-c2ccccc21. The predicted molar refractivity (Wildman–Crippen MR) is 138 cm³/mol. The van der Waals surface area contributed by atoms with E-state index >= 15 is 0 Å². The molecule has 0 spiro atoms. The molecule has 1 amide bonds. The second kappa shape index (κ2) is 10.8. The van der Waals surface area contributed by atoms with Crippen LogP contribution in [-0.4, -0.2) is 35.9 Å². The van der Waals surface area contributed by atoms with Gasteiger partial charge in [-0.3, -0.25) is 0 Å². The fraction of sp³-hybridized carbons (Fsp3) is 0.500. The molecule has 174 valence electrons. The van der Waals surface area contributed by atoms with Gasteiger partial charge in [0.15, 0.2) is 16.6 Å². The van der Waals surface area contributed by atoms with E-state index in [1.54, 1.807) is 0 Å². The van der Waals surface area contributed by atoms with E-state index in [0.717, 1.165) is 12.5 Å². The van der Waals surface area contributed by atoms with E-state index in [0.29, 0.717) is 13.2 Å². The van der Waals surface area contributed by atoms with Gasteiger partial charge in [0.25, 0.3) is 0 Å². The van der Waals surface area contributed by atoms with Crippen molar-refractivity contribution in [2.75, 3.05) is 13.2 Å². The maximum absolute atomic E-state index is 12.3. The monoisotopic (exact) mass is 469 g/mol. The summed E-state index contributed by atoms with van der Waals surface area (Å²) in [6, 6.07) is 19.1. The summed E-state index contributed by atoms with van der Waals surface area (Å²) < 4.78 is 12.3. The zero-order valence-electron chi connectivity index (χ0n) is 20.4. The maximum Gasteiger partial charge on any atom is 0.407 e. The van der Waals surface area contributed by atoms with Crippen molar-refractivity contribution < 1.29 is 13.6 Å². The Kier molecular flexibility index (Phi) is 8.36. The van der Waals surface area contributed by atoms with Crippen molar-refractivity contribution in [2.45, 2.75) is 70.4 Å². The fourth-order valence-corrected chi connectivity index (χ4v) is 13.8. The van der Waals surface area contributed by atoms with Crippen LogP contribution in [0.2, 0.25) is 38.3 Å². The van der Waals surface area contributed by atoms with E-state index in [-0.39, 0.29) is 12.0 Å². The molecular weight excluding hydrogens is 430 g/mol. The number of amides is 1. The molecule has 2 aromatic rings. The topological polar surface area (TPSA) is 47.6 Å². The van der Waals surface area contributed by atoms with E-state index < -0.39 is 16.6 Å². The molecule has 0 bridgehead atoms. The molecule has 0 heterocycles. The zero-order valence-corrected chi connectivity index (χ0v) is 22.4. The van der Waals surface area contributed by atoms with E-state index in [1.807, 2.05) is 0 Å². The smallest absolute Gasteiger partial charge is 0.407 e. The molecule has 0 radical (unpaired) electrons. The average Bonchev–Trinajstić information content (AvgIpc) is 3.07. The largest absolute Gasteiger partial charge is 0.455 e. The number of ether oxygens (including phenoxy) is 1. The van der Waals surface area contributed by atoms with Crippen LogP contribution in [0.3, 0.4) is 0 Å². The molecule has 0 saturated carbocycles. The standard InChI is InChI=1S/C26H39NO3Si2/c1-6-7-18-31(2,3)30-32(4,5)19-12-17-27-26(28)29-20-25-23-15-10-8-13-21(23)22-14-9-11-16-24(22)25/h8-11,13-16,25H,6-7,12,17-20H2,1-5H3,(H,27,28). The third-order valence-electron chi connectivity index (χ3n) is 6.25. The lowest BCUT2D eigenvalue weighted by Crippen LogP contribution is -2.44. The molecule has 0 unspecified atom stereocenters. The molecule has 0 aromatic heterocycles. The van der Waals surface area contributed by atoms with Crippen LogP contribution in [0.5, 0.6) is 0 Å². The van der Waals surface area contributed by atoms with Gasteiger partial charge in [-0.15, -0.1) is 0 Å². The number of nitrogens with one attached hydrogen (secondary N) is 1. The van der Waals surface area contributed by atoms with Crippen LogP contribution in [0.25, 0.3) is 11.1 Å². The second-order valence-electron chi connectivity index (χ2n) is 10.1. The number of fused-ring (bicyclic) bond motifs is 3. The van der Waals surface area contributed by atoms with Gasteiger partial charge in [-0.25, -0.2) is 4.79 Å². The van der Waals surface area contributed by atoms with Gasteiger partial charge in [0, 0.05) is 12.5 Å². The van der Waals surface area contributed by atoms with Crippen LogP contribution in [-0.2, 0) is 8.85 Å². The van der Waals surface area contributed by atoms with Gasteiger partial charge in [0.1, 0.15) is 6.61 Å². The number of hydrogen-bond acceptors (Lipinski definition) is 3. The summed E-state index contributed by atoms with van der Waals surface area (Å²) in [5, 5.41) is 2.94. The van der Waals surface area contributed by atoms with Crippen LogP contribution in [0.15, 0.2) is 48.5 Å². The van der Waals surface area contributed by atoms with E-state index in [1.165, 1.54) is 41.1 Å². The minimum Gasteiger partial charge on any atom is -0.455 e. The Morgan fingerprint density at radius 3 is 1.97 bits per heavy atom. The Hall–Kier alpha value is -1.90. The molecule has 6 heteroatoms. The summed E-state index contributed by atoms with van der Waals surface area (Å²) in [4.78, 5) is 12.3. The van der Waals surface area contributed by atoms with Crippen molar-refractivity contribution in [1.29, 1.82) is 0 Å². The molecule has 1 aliphatic rings. The Labute approximate surface area is 196 Å². The molecule has 0 fully saturated rings. The summed E-state index contributed by atoms with van der Waals surface area (Å²) in [6.07, 6.45) is 3.09. The van der Waals surface area contributed by atoms with Crippen LogP contribution >= 0.6 is 0 Å². The summed E-state index contributed by atoms with van der Waals surface area (Å²) in [6.45, 7) is 12.5. The van der Waals surface area contributed by atoms with Gasteiger partial charge in [-0.1, -0.05) is 68.3 Å². The lowest BCUT2D eigenvalue weighted by Gasteiger charge is -2.34. The Balaban J connectivity index is 1.43. The average molecular weight is 470 g/mol. The Morgan fingerprint density at radius 1 is 0.875 bits per heavy atom. The minimum absolute atomic E-state index is 0.100. The molecule has 3 rings (SSSR count). The van der Waals surface area contributed by atoms with Crippen molar-refractivity contribution in [3.05, 3.63) is 59.7 Å². The predicted octanol–water partition coefficient (Wildman–Crippen LogP) is 7.14. The number of carbonyl (C=O) groups excluding carboxylic acids is 1. The van der Waals surface area contributed by atoms with E-state index in [2.05, 4.69) is 87.0 Å². The molecule has 0 saturated heterocycles. The first-order valence-electron chi connectivity index (χ1n) is 12.0. The summed E-state index contributed by atoms with van der Waals surface area (Å²) >= 11 is 0. The lowest BCUT2D eigenvalue weighted by molar-refractivity contribution is 0.143. The number of hydrogen-bond donors (Lipinski definition) is 1. The van der Waals surface area contributed by atoms with Crippen molar-refractivity contribution in [3.8, 4) is 11.1 Å². The van der Waals surface area contributed by atoms with Gasteiger partial charge in [-0.2, -0.15) is 0 Å². The third-order valence-corrected chi connectivity index (χ3v) is 13.8.